The van der Waals surface area contributed by atoms with Crippen molar-refractivity contribution in [2.45, 2.75) is 33.2 Å². The van der Waals surface area contributed by atoms with E-state index in [9.17, 15) is 18.0 Å². The quantitative estimate of drug-likeness (QED) is 0.432. The molecule has 4 nitrogen and oxygen atoms in total. The SMILES string of the molecule is Cc1ccc(C)c(OCc2csc(C(=O)N3CCN(Cc4cccc(C(F)(F)F)c4)CC3)c2)c1. The summed E-state index contributed by atoms with van der Waals surface area (Å²) < 4.78 is 44.8. The Bertz CT molecular complexity index is 1150. The number of halogens is 3. The molecule has 1 saturated heterocycles. The Balaban J connectivity index is 1.29. The van der Waals surface area contributed by atoms with Crippen molar-refractivity contribution >= 4 is 17.2 Å². The highest BCUT2D eigenvalue weighted by Crippen LogP contribution is 2.30. The van der Waals surface area contributed by atoms with E-state index in [1.54, 1.807) is 6.07 Å². The van der Waals surface area contributed by atoms with E-state index in [4.69, 9.17) is 4.74 Å². The second-order valence-electron chi connectivity index (χ2n) is 8.64. The Morgan fingerprint density at radius 1 is 1.00 bits per heavy atom. The minimum atomic E-state index is -4.34. The summed E-state index contributed by atoms with van der Waals surface area (Å²) >= 11 is 1.41. The van der Waals surface area contributed by atoms with Gasteiger partial charge in [-0.15, -0.1) is 11.3 Å². The molecule has 0 N–H and O–H groups in total. The van der Waals surface area contributed by atoms with Gasteiger partial charge in [0.25, 0.3) is 5.91 Å². The van der Waals surface area contributed by atoms with E-state index in [-0.39, 0.29) is 5.91 Å². The lowest BCUT2D eigenvalue weighted by atomic mass is 10.1. The molecule has 0 spiro atoms. The molecule has 1 fully saturated rings. The summed E-state index contributed by atoms with van der Waals surface area (Å²) in [6, 6.07) is 13.4. The van der Waals surface area contributed by atoms with Gasteiger partial charge < -0.3 is 9.64 Å². The van der Waals surface area contributed by atoms with Crippen LogP contribution in [-0.2, 0) is 19.3 Å². The molecule has 34 heavy (non-hydrogen) atoms. The van der Waals surface area contributed by atoms with E-state index in [2.05, 4.69) is 4.90 Å². The van der Waals surface area contributed by atoms with Gasteiger partial charge in [-0.2, -0.15) is 13.2 Å². The highest BCUT2D eigenvalue weighted by atomic mass is 32.1. The third kappa shape index (κ3) is 5.98. The number of piperazine rings is 1. The Morgan fingerprint density at radius 2 is 1.76 bits per heavy atom. The highest BCUT2D eigenvalue weighted by molar-refractivity contribution is 7.12. The van der Waals surface area contributed by atoms with Gasteiger partial charge in [-0.3, -0.25) is 9.69 Å². The number of hydrogen-bond donors (Lipinski definition) is 0. The normalized spacial score (nSPS) is 14.9. The number of hydrogen-bond acceptors (Lipinski definition) is 4. The van der Waals surface area contributed by atoms with Gasteiger partial charge in [0.1, 0.15) is 12.4 Å². The van der Waals surface area contributed by atoms with E-state index >= 15 is 0 Å². The minimum Gasteiger partial charge on any atom is -0.489 e. The monoisotopic (exact) mass is 488 g/mol. The maximum Gasteiger partial charge on any atom is 0.416 e. The number of rotatable bonds is 6. The van der Waals surface area contributed by atoms with Gasteiger partial charge in [-0.1, -0.05) is 30.3 Å². The van der Waals surface area contributed by atoms with Crippen LogP contribution < -0.4 is 4.74 Å². The predicted octanol–water partition coefficient (Wildman–Crippen LogP) is 5.92. The van der Waals surface area contributed by atoms with Crippen molar-refractivity contribution in [3.63, 3.8) is 0 Å². The number of nitrogens with zero attached hydrogens (tertiary/aromatic N) is 2. The molecule has 8 heteroatoms. The lowest BCUT2D eigenvalue weighted by Crippen LogP contribution is -2.48. The third-order valence-corrected chi connectivity index (χ3v) is 6.89. The summed E-state index contributed by atoms with van der Waals surface area (Å²) in [5.41, 5.74) is 3.15. The van der Waals surface area contributed by atoms with E-state index < -0.39 is 11.7 Å². The number of carbonyl (C=O) groups is 1. The van der Waals surface area contributed by atoms with Crippen LogP contribution in [-0.4, -0.2) is 41.9 Å². The van der Waals surface area contributed by atoms with Gasteiger partial charge in [0.2, 0.25) is 0 Å². The van der Waals surface area contributed by atoms with Crippen molar-refractivity contribution in [2.75, 3.05) is 26.2 Å². The van der Waals surface area contributed by atoms with Gasteiger partial charge in [-0.25, -0.2) is 0 Å². The van der Waals surface area contributed by atoms with E-state index in [0.717, 1.165) is 28.5 Å². The molecule has 0 unspecified atom stereocenters. The lowest BCUT2D eigenvalue weighted by molar-refractivity contribution is -0.137. The maximum absolute atomic E-state index is 13.0. The average molecular weight is 489 g/mol. The first kappa shape index (κ1) is 24.3. The van der Waals surface area contributed by atoms with Crippen molar-refractivity contribution < 1.29 is 22.7 Å². The largest absolute Gasteiger partial charge is 0.489 e. The number of thiophene rings is 1. The molecule has 0 radical (unpaired) electrons. The molecule has 2 heterocycles. The van der Waals surface area contributed by atoms with E-state index in [1.165, 1.54) is 23.5 Å². The zero-order valence-corrected chi connectivity index (χ0v) is 20.0. The lowest BCUT2D eigenvalue weighted by Gasteiger charge is -2.34. The van der Waals surface area contributed by atoms with Crippen molar-refractivity contribution in [3.8, 4) is 5.75 Å². The molecule has 0 aliphatic carbocycles. The third-order valence-electron chi connectivity index (χ3n) is 5.92. The molecule has 1 aliphatic heterocycles. The topological polar surface area (TPSA) is 32.8 Å². The average Bonchev–Trinajstić information content (AvgIpc) is 3.28. The Kier molecular flexibility index (Phi) is 7.28. The minimum absolute atomic E-state index is 0.0123. The summed E-state index contributed by atoms with van der Waals surface area (Å²) in [6.07, 6.45) is -4.34. The molecule has 3 aromatic rings. The van der Waals surface area contributed by atoms with Crippen LogP contribution in [0.15, 0.2) is 53.9 Å². The molecular weight excluding hydrogens is 461 g/mol. The first-order valence-electron chi connectivity index (χ1n) is 11.1. The Labute approximate surface area is 201 Å². The molecule has 180 valence electrons. The summed E-state index contributed by atoms with van der Waals surface area (Å²) in [4.78, 5) is 17.5. The fourth-order valence-electron chi connectivity index (χ4n) is 3.96. The van der Waals surface area contributed by atoms with Crippen LogP contribution in [0.25, 0.3) is 0 Å². The van der Waals surface area contributed by atoms with Gasteiger partial charge in [0, 0.05) is 38.3 Å². The smallest absolute Gasteiger partial charge is 0.416 e. The van der Waals surface area contributed by atoms with Crippen LogP contribution in [0.1, 0.15) is 37.5 Å². The molecule has 2 aromatic carbocycles. The zero-order valence-electron chi connectivity index (χ0n) is 19.2. The first-order chi connectivity index (χ1) is 16.2. The second kappa shape index (κ2) is 10.2. The molecule has 0 bridgehead atoms. The number of ether oxygens (including phenoxy) is 1. The summed E-state index contributed by atoms with van der Waals surface area (Å²) in [6.45, 7) is 7.20. The summed E-state index contributed by atoms with van der Waals surface area (Å²) in [5, 5.41) is 1.95. The van der Waals surface area contributed by atoms with Crippen LogP contribution >= 0.6 is 11.3 Å². The van der Waals surface area contributed by atoms with Gasteiger partial charge >= 0.3 is 6.18 Å². The van der Waals surface area contributed by atoms with Crippen molar-refractivity contribution in [1.29, 1.82) is 0 Å². The number of alkyl halides is 3. The molecule has 1 amide bonds. The standard InChI is InChI=1S/C26H27F3N2O2S/c1-18-6-7-19(2)23(12-18)33-16-21-14-24(34-17-21)25(32)31-10-8-30(9-11-31)15-20-4-3-5-22(13-20)26(27,28)29/h3-7,12-14,17H,8-11,15-16H2,1-2H3. The molecule has 0 atom stereocenters. The molecule has 1 aromatic heterocycles. The van der Waals surface area contributed by atoms with Crippen molar-refractivity contribution in [1.82, 2.24) is 9.80 Å². The molecular formula is C26H27F3N2O2S. The van der Waals surface area contributed by atoms with E-state index in [1.807, 2.05) is 48.4 Å². The van der Waals surface area contributed by atoms with E-state index in [0.29, 0.717) is 49.8 Å². The number of aryl methyl sites for hydroxylation is 2. The Morgan fingerprint density at radius 3 is 2.50 bits per heavy atom. The number of benzene rings is 2. The fraction of sp³-hybridized carbons (Fsp3) is 0.346. The van der Waals surface area contributed by atoms with Crippen LogP contribution in [0.4, 0.5) is 13.2 Å². The molecule has 4 rings (SSSR count). The van der Waals surface area contributed by atoms with Crippen LogP contribution in [0.3, 0.4) is 0 Å². The summed E-state index contributed by atoms with van der Waals surface area (Å²) in [5.74, 6) is 0.831. The van der Waals surface area contributed by atoms with Crippen molar-refractivity contribution in [3.05, 3.63) is 86.6 Å². The fourth-order valence-corrected chi connectivity index (χ4v) is 4.82. The first-order valence-corrected chi connectivity index (χ1v) is 12.0. The number of amides is 1. The second-order valence-corrected chi connectivity index (χ2v) is 9.55. The number of carbonyl (C=O) groups excluding carboxylic acids is 1. The van der Waals surface area contributed by atoms with Crippen molar-refractivity contribution in [2.24, 2.45) is 0 Å². The van der Waals surface area contributed by atoms with Crippen LogP contribution in [0, 0.1) is 13.8 Å². The predicted molar refractivity (Wildman–Crippen MR) is 127 cm³/mol. The van der Waals surface area contributed by atoms with Crippen LogP contribution in [0.2, 0.25) is 0 Å². The summed E-state index contributed by atoms with van der Waals surface area (Å²) in [7, 11) is 0. The van der Waals surface area contributed by atoms with Gasteiger partial charge in [-0.05, 0) is 54.1 Å². The van der Waals surface area contributed by atoms with Gasteiger partial charge in [0.05, 0.1) is 10.4 Å². The van der Waals surface area contributed by atoms with Gasteiger partial charge in [0.15, 0.2) is 0 Å². The Hall–Kier alpha value is -2.84. The highest BCUT2D eigenvalue weighted by Gasteiger charge is 2.30. The molecule has 1 aliphatic rings. The zero-order chi connectivity index (χ0) is 24.3. The maximum atomic E-state index is 13.0. The molecule has 0 saturated carbocycles. The van der Waals surface area contributed by atoms with Crippen LogP contribution in [0.5, 0.6) is 5.75 Å².